The molecule has 6 nitrogen and oxygen atoms in total. The number of carbonyl (C=O) groups excluding carboxylic acids is 2. The number of hydrogen-bond acceptors (Lipinski definition) is 5. The first kappa shape index (κ1) is 20.3. The van der Waals surface area contributed by atoms with Crippen LogP contribution in [0, 0.1) is 5.82 Å². The van der Waals surface area contributed by atoms with Gasteiger partial charge in [0.05, 0.1) is 17.7 Å². The van der Waals surface area contributed by atoms with Crippen molar-refractivity contribution in [2.45, 2.75) is 39.2 Å². The molecule has 0 saturated heterocycles. The molecule has 0 fully saturated rings. The second-order valence-electron chi connectivity index (χ2n) is 7.13. The van der Waals surface area contributed by atoms with Crippen molar-refractivity contribution in [2.75, 3.05) is 11.9 Å². The molecule has 0 spiro atoms. The number of hydrogen-bond donors (Lipinski definition) is 1. The molecule has 0 unspecified atom stereocenters. The standard InChI is InChI=1S/C22H21FN2O4S/c1-2-29-22(28)19-14-6-3-4-9-17(14)30-21(19)24-18(27)12-25-11-10-16(26)13-7-5-8-15(23)20(13)25/h5,7-8,10-11H,2-4,6,9,12H2,1H3,(H,24,27). The summed E-state index contributed by atoms with van der Waals surface area (Å²) in [6.07, 6.45) is 5.10. The highest BCUT2D eigenvalue weighted by atomic mass is 32.1. The number of carbonyl (C=O) groups is 2. The van der Waals surface area contributed by atoms with Crippen molar-refractivity contribution in [3.8, 4) is 0 Å². The molecule has 1 aliphatic carbocycles. The summed E-state index contributed by atoms with van der Waals surface area (Å²) in [7, 11) is 0. The van der Waals surface area contributed by atoms with Gasteiger partial charge in [0.25, 0.3) is 0 Å². The average molecular weight is 428 g/mol. The van der Waals surface area contributed by atoms with Gasteiger partial charge in [-0.1, -0.05) is 6.07 Å². The number of aryl methyl sites for hydroxylation is 1. The van der Waals surface area contributed by atoms with Crippen molar-refractivity contribution < 1.29 is 18.7 Å². The highest BCUT2D eigenvalue weighted by molar-refractivity contribution is 7.17. The van der Waals surface area contributed by atoms with Crippen LogP contribution in [0.5, 0.6) is 0 Å². The van der Waals surface area contributed by atoms with Gasteiger partial charge in [-0.15, -0.1) is 11.3 Å². The third-order valence-electron chi connectivity index (χ3n) is 5.16. The van der Waals surface area contributed by atoms with E-state index in [1.54, 1.807) is 6.92 Å². The summed E-state index contributed by atoms with van der Waals surface area (Å²) < 4.78 is 21.0. The molecule has 1 amide bonds. The summed E-state index contributed by atoms with van der Waals surface area (Å²) in [6.45, 7) is 1.80. The lowest BCUT2D eigenvalue weighted by molar-refractivity contribution is -0.116. The molecule has 0 saturated carbocycles. The molecule has 0 aliphatic heterocycles. The molecule has 0 atom stereocenters. The van der Waals surface area contributed by atoms with E-state index in [1.165, 1.54) is 46.4 Å². The van der Waals surface area contributed by atoms with Crippen molar-refractivity contribution in [1.82, 2.24) is 4.57 Å². The fourth-order valence-corrected chi connectivity index (χ4v) is 5.15. The number of pyridine rings is 1. The van der Waals surface area contributed by atoms with Crippen LogP contribution < -0.4 is 10.7 Å². The SMILES string of the molecule is CCOC(=O)c1c(NC(=O)Cn2ccc(=O)c3cccc(F)c32)sc2c1CCCC2. The van der Waals surface area contributed by atoms with Gasteiger partial charge in [0.1, 0.15) is 17.4 Å². The zero-order valence-corrected chi connectivity index (χ0v) is 17.3. The third kappa shape index (κ3) is 3.75. The Bertz CT molecular complexity index is 1200. The maximum Gasteiger partial charge on any atom is 0.341 e. The van der Waals surface area contributed by atoms with E-state index in [2.05, 4.69) is 5.32 Å². The minimum atomic E-state index is -0.572. The zero-order chi connectivity index (χ0) is 21.3. The Hall–Kier alpha value is -3.00. The van der Waals surface area contributed by atoms with Gasteiger partial charge in [0.15, 0.2) is 5.43 Å². The van der Waals surface area contributed by atoms with E-state index in [0.717, 1.165) is 36.1 Å². The summed E-state index contributed by atoms with van der Waals surface area (Å²) in [5, 5.41) is 3.49. The van der Waals surface area contributed by atoms with Crippen LogP contribution in [0.4, 0.5) is 9.39 Å². The van der Waals surface area contributed by atoms with Gasteiger partial charge < -0.3 is 14.6 Å². The van der Waals surface area contributed by atoms with Crippen molar-refractivity contribution in [3.63, 3.8) is 0 Å². The van der Waals surface area contributed by atoms with Gasteiger partial charge in [0.2, 0.25) is 5.91 Å². The lowest BCUT2D eigenvalue weighted by atomic mass is 9.95. The predicted octanol–water partition coefficient (Wildman–Crippen LogP) is 3.90. The van der Waals surface area contributed by atoms with E-state index in [4.69, 9.17) is 4.74 Å². The maximum absolute atomic E-state index is 14.4. The number of aromatic nitrogens is 1. The van der Waals surface area contributed by atoms with E-state index in [9.17, 15) is 18.8 Å². The number of anilines is 1. The first-order chi connectivity index (χ1) is 14.5. The molecule has 30 heavy (non-hydrogen) atoms. The molecule has 0 radical (unpaired) electrons. The molecule has 2 heterocycles. The van der Waals surface area contributed by atoms with Crippen molar-refractivity contribution in [3.05, 3.63) is 62.5 Å². The van der Waals surface area contributed by atoms with Crippen LogP contribution >= 0.6 is 11.3 Å². The summed E-state index contributed by atoms with van der Waals surface area (Å²) in [5.74, 6) is -1.42. The normalized spacial score (nSPS) is 13.1. The molecule has 8 heteroatoms. The Morgan fingerprint density at radius 3 is 2.83 bits per heavy atom. The number of fused-ring (bicyclic) bond motifs is 2. The number of amides is 1. The Kier molecular flexibility index (Phi) is 5.67. The van der Waals surface area contributed by atoms with E-state index >= 15 is 0 Å². The van der Waals surface area contributed by atoms with Crippen LogP contribution in [0.25, 0.3) is 10.9 Å². The van der Waals surface area contributed by atoms with Gasteiger partial charge in [0, 0.05) is 22.5 Å². The molecular weight excluding hydrogens is 407 g/mol. The molecular formula is C22H21FN2O4S. The summed E-state index contributed by atoms with van der Waals surface area (Å²) in [4.78, 5) is 38.4. The molecule has 1 aliphatic rings. The van der Waals surface area contributed by atoms with Crippen LogP contribution in [0.15, 0.2) is 35.3 Å². The smallest absolute Gasteiger partial charge is 0.341 e. The second kappa shape index (κ2) is 8.39. The number of thiophene rings is 1. The zero-order valence-electron chi connectivity index (χ0n) is 16.5. The van der Waals surface area contributed by atoms with Gasteiger partial charge >= 0.3 is 5.97 Å². The number of esters is 1. The second-order valence-corrected chi connectivity index (χ2v) is 8.23. The fraction of sp³-hybridized carbons (Fsp3) is 0.318. The molecule has 1 N–H and O–H groups in total. The lowest BCUT2D eigenvalue weighted by Crippen LogP contribution is -2.22. The quantitative estimate of drug-likeness (QED) is 0.626. The fourth-order valence-electron chi connectivity index (χ4n) is 3.85. The summed E-state index contributed by atoms with van der Waals surface area (Å²) in [5.41, 5.74) is 1.16. The molecule has 3 aromatic rings. The van der Waals surface area contributed by atoms with Crippen molar-refractivity contribution in [2.24, 2.45) is 0 Å². The number of nitrogens with one attached hydrogen (secondary N) is 1. The van der Waals surface area contributed by atoms with Crippen LogP contribution in [-0.2, 0) is 28.9 Å². The Labute approximate surface area is 176 Å². The summed E-state index contributed by atoms with van der Waals surface area (Å²) >= 11 is 1.40. The van der Waals surface area contributed by atoms with Crippen LogP contribution in [0.2, 0.25) is 0 Å². The maximum atomic E-state index is 14.4. The third-order valence-corrected chi connectivity index (χ3v) is 6.37. The minimum absolute atomic E-state index is 0.0799. The molecule has 1 aromatic carbocycles. The largest absolute Gasteiger partial charge is 0.462 e. The monoisotopic (exact) mass is 428 g/mol. The van der Waals surface area contributed by atoms with Crippen LogP contribution in [-0.4, -0.2) is 23.1 Å². The minimum Gasteiger partial charge on any atom is -0.462 e. The van der Waals surface area contributed by atoms with Crippen molar-refractivity contribution in [1.29, 1.82) is 0 Å². The molecule has 4 rings (SSSR count). The van der Waals surface area contributed by atoms with Gasteiger partial charge in [-0.25, -0.2) is 9.18 Å². The average Bonchev–Trinajstić information content (AvgIpc) is 3.08. The molecule has 156 valence electrons. The topological polar surface area (TPSA) is 77.4 Å². The Morgan fingerprint density at radius 2 is 2.03 bits per heavy atom. The highest BCUT2D eigenvalue weighted by Gasteiger charge is 2.27. The van der Waals surface area contributed by atoms with E-state index in [-0.39, 0.29) is 29.5 Å². The first-order valence-electron chi connectivity index (χ1n) is 9.88. The van der Waals surface area contributed by atoms with E-state index in [0.29, 0.717) is 10.6 Å². The number of rotatable bonds is 5. The van der Waals surface area contributed by atoms with Gasteiger partial charge in [-0.3, -0.25) is 9.59 Å². The lowest BCUT2D eigenvalue weighted by Gasteiger charge is -2.13. The predicted molar refractivity (Wildman–Crippen MR) is 114 cm³/mol. The number of benzene rings is 1. The van der Waals surface area contributed by atoms with E-state index in [1.807, 2.05) is 0 Å². The van der Waals surface area contributed by atoms with Gasteiger partial charge in [-0.05, 0) is 50.3 Å². The number of para-hydroxylation sites is 1. The number of nitrogens with zero attached hydrogens (tertiary/aromatic N) is 1. The Morgan fingerprint density at radius 1 is 1.23 bits per heavy atom. The van der Waals surface area contributed by atoms with Crippen molar-refractivity contribution >= 4 is 39.1 Å². The molecule has 2 aromatic heterocycles. The summed E-state index contributed by atoms with van der Waals surface area (Å²) in [6, 6.07) is 5.55. The number of ether oxygens (including phenoxy) is 1. The Balaban J connectivity index is 1.65. The van der Waals surface area contributed by atoms with Crippen LogP contribution in [0.1, 0.15) is 40.6 Å². The molecule has 0 bridgehead atoms. The van der Waals surface area contributed by atoms with E-state index < -0.39 is 17.7 Å². The van der Waals surface area contributed by atoms with Gasteiger partial charge in [-0.2, -0.15) is 0 Å². The highest BCUT2D eigenvalue weighted by Crippen LogP contribution is 2.38. The van der Waals surface area contributed by atoms with Crippen LogP contribution in [0.3, 0.4) is 0 Å². The number of halogens is 1. The first-order valence-corrected chi connectivity index (χ1v) is 10.7.